The van der Waals surface area contributed by atoms with Gasteiger partial charge in [0.1, 0.15) is 18.8 Å². The van der Waals surface area contributed by atoms with Crippen molar-refractivity contribution in [3.63, 3.8) is 0 Å². The number of rotatable bonds is 10. The number of esters is 2. The molecule has 0 radical (unpaired) electrons. The molecule has 0 saturated heterocycles. The molecule has 34 heavy (non-hydrogen) atoms. The number of ketones is 1. The molecule has 1 aromatic heterocycles. The number of ether oxygens (including phenoxy) is 2. The molecule has 0 fully saturated rings. The lowest BCUT2D eigenvalue weighted by molar-refractivity contribution is -0.144. The summed E-state index contributed by atoms with van der Waals surface area (Å²) in [6.07, 6.45) is 1.38. The summed E-state index contributed by atoms with van der Waals surface area (Å²) >= 11 is 0. The van der Waals surface area contributed by atoms with Crippen molar-refractivity contribution in [1.29, 1.82) is 0 Å². The molecule has 2 aromatic rings. The maximum absolute atomic E-state index is 13.1. The quantitative estimate of drug-likeness (QED) is 0.380. The Labute approximate surface area is 197 Å². The number of hydrogen-bond donors (Lipinski definition) is 0. The minimum absolute atomic E-state index is 0.0571. The van der Waals surface area contributed by atoms with E-state index in [0.717, 1.165) is 4.90 Å². The number of nitrogens with zero attached hydrogens (tertiary/aromatic N) is 3. The summed E-state index contributed by atoms with van der Waals surface area (Å²) in [6.45, 7) is 3.25. The second-order valence-electron chi connectivity index (χ2n) is 7.24. The van der Waals surface area contributed by atoms with E-state index < -0.39 is 29.5 Å². The normalized spacial score (nSPS) is 10.2. The van der Waals surface area contributed by atoms with Crippen molar-refractivity contribution in [3.05, 3.63) is 65.0 Å². The van der Waals surface area contributed by atoms with E-state index in [4.69, 9.17) is 9.47 Å². The predicted molar refractivity (Wildman–Crippen MR) is 121 cm³/mol. The fourth-order valence-electron chi connectivity index (χ4n) is 3.02. The second-order valence-corrected chi connectivity index (χ2v) is 7.24. The van der Waals surface area contributed by atoms with Crippen molar-refractivity contribution in [3.8, 4) is 0 Å². The first-order chi connectivity index (χ1) is 16.2. The second kappa shape index (κ2) is 12.2. The third-order valence-corrected chi connectivity index (χ3v) is 4.69. The van der Waals surface area contributed by atoms with Gasteiger partial charge in [-0.1, -0.05) is 12.1 Å². The lowest BCUT2D eigenvalue weighted by Crippen LogP contribution is -2.34. The average molecular weight is 469 g/mol. The molecule has 0 saturated carbocycles. The summed E-state index contributed by atoms with van der Waals surface area (Å²) in [5, 5.41) is 0. The van der Waals surface area contributed by atoms with Crippen molar-refractivity contribution in [2.75, 3.05) is 40.4 Å². The first-order valence-electron chi connectivity index (χ1n) is 10.6. The molecule has 10 heteroatoms. The Morgan fingerprint density at radius 1 is 0.765 bits per heavy atom. The highest BCUT2D eigenvalue weighted by Crippen LogP contribution is 2.16. The SMILES string of the molecule is CCOC(=O)CN(C)C(=O)c1ccc(C(=O)c2cccnc2C(=O)N(C)CC(=O)OCC)cc1. The van der Waals surface area contributed by atoms with E-state index in [0.29, 0.717) is 0 Å². The standard InChI is InChI=1S/C24H27N3O7/c1-5-33-19(28)14-26(3)23(31)17-11-9-16(10-12-17)22(30)18-8-7-13-25-21(18)24(32)27(4)15-20(29)34-6-2/h7-13H,5-6,14-15H2,1-4H3. The number of amides is 2. The van der Waals surface area contributed by atoms with Crippen LogP contribution in [0.15, 0.2) is 42.6 Å². The minimum Gasteiger partial charge on any atom is -0.465 e. The summed E-state index contributed by atoms with van der Waals surface area (Å²) in [5.74, 6) is -2.59. The fraction of sp³-hybridized carbons (Fsp3) is 0.333. The predicted octanol–water partition coefficient (Wildman–Crippen LogP) is 1.58. The van der Waals surface area contributed by atoms with E-state index in [-0.39, 0.29) is 48.7 Å². The maximum atomic E-state index is 13.1. The van der Waals surface area contributed by atoms with Crippen LogP contribution in [0.3, 0.4) is 0 Å². The molecule has 0 aliphatic rings. The van der Waals surface area contributed by atoms with E-state index in [1.807, 2.05) is 0 Å². The lowest BCUT2D eigenvalue weighted by atomic mass is 10.00. The number of hydrogen-bond acceptors (Lipinski definition) is 8. The van der Waals surface area contributed by atoms with Crippen LogP contribution in [0.1, 0.15) is 50.6 Å². The van der Waals surface area contributed by atoms with E-state index in [1.165, 1.54) is 61.6 Å². The molecule has 2 amide bonds. The Morgan fingerprint density at radius 2 is 1.26 bits per heavy atom. The molecular formula is C24H27N3O7. The Balaban J connectivity index is 2.19. The molecule has 0 aliphatic heterocycles. The number of carbonyl (C=O) groups is 5. The first-order valence-corrected chi connectivity index (χ1v) is 10.6. The Bertz CT molecular complexity index is 1070. The van der Waals surface area contributed by atoms with Gasteiger partial charge in [0, 0.05) is 31.4 Å². The summed E-state index contributed by atoms with van der Waals surface area (Å²) in [6, 6.07) is 8.82. The molecule has 10 nitrogen and oxygen atoms in total. The van der Waals surface area contributed by atoms with Gasteiger partial charge in [-0.2, -0.15) is 0 Å². The summed E-state index contributed by atoms with van der Waals surface area (Å²) in [7, 11) is 2.88. The number of carbonyl (C=O) groups excluding carboxylic acids is 5. The maximum Gasteiger partial charge on any atom is 0.325 e. The monoisotopic (exact) mass is 469 g/mol. The highest BCUT2D eigenvalue weighted by atomic mass is 16.5. The molecule has 1 aromatic carbocycles. The van der Waals surface area contributed by atoms with E-state index in [9.17, 15) is 24.0 Å². The van der Waals surface area contributed by atoms with Crippen LogP contribution in [0.2, 0.25) is 0 Å². The van der Waals surface area contributed by atoms with Gasteiger partial charge < -0.3 is 19.3 Å². The highest BCUT2D eigenvalue weighted by Gasteiger charge is 2.24. The van der Waals surface area contributed by atoms with Gasteiger partial charge in [0.05, 0.1) is 18.8 Å². The molecule has 0 unspecified atom stereocenters. The van der Waals surface area contributed by atoms with Gasteiger partial charge in [0.25, 0.3) is 11.8 Å². The third-order valence-electron chi connectivity index (χ3n) is 4.69. The molecule has 0 spiro atoms. The van der Waals surface area contributed by atoms with Crippen LogP contribution in [0.25, 0.3) is 0 Å². The van der Waals surface area contributed by atoms with Gasteiger partial charge in [-0.05, 0) is 38.1 Å². The zero-order valence-electron chi connectivity index (χ0n) is 19.6. The van der Waals surface area contributed by atoms with Crippen molar-refractivity contribution < 1.29 is 33.4 Å². The smallest absolute Gasteiger partial charge is 0.325 e. The van der Waals surface area contributed by atoms with Gasteiger partial charge in [0.2, 0.25) is 0 Å². The molecule has 0 aliphatic carbocycles. The Morgan fingerprint density at radius 3 is 1.79 bits per heavy atom. The van der Waals surface area contributed by atoms with Gasteiger partial charge in [-0.15, -0.1) is 0 Å². The van der Waals surface area contributed by atoms with Crippen LogP contribution in [-0.2, 0) is 19.1 Å². The molecule has 0 bridgehead atoms. The Hall–Kier alpha value is -4.08. The number of benzene rings is 1. The summed E-state index contributed by atoms with van der Waals surface area (Å²) in [5.41, 5.74) is 0.468. The topological polar surface area (TPSA) is 123 Å². The zero-order valence-corrected chi connectivity index (χ0v) is 19.6. The van der Waals surface area contributed by atoms with Crippen LogP contribution >= 0.6 is 0 Å². The molecular weight excluding hydrogens is 442 g/mol. The number of pyridine rings is 1. The first kappa shape index (κ1) is 26.2. The van der Waals surface area contributed by atoms with Crippen LogP contribution < -0.4 is 0 Å². The number of likely N-dealkylation sites (N-methyl/N-ethyl adjacent to an activating group) is 2. The van der Waals surface area contributed by atoms with E-state index in [2.05, 4.69) is 4.98 Å². The summed E-state index contributed by atoms with van der Waals surface area (Å²) < 4.78 is 9.69. The van der Waals surface area contributed by atoms with Gasteiger partial charge in [-0.25, -0.2) is 0 Å². The van der Waals surface area contributed by atoms with Crippen LogP contribution in [0, 0.1) is 0 Å². The highest BCUT2D eigenvalue weighted by molar-refractivity contribution is 6.15. The third kappa shape index (κ3) is 6.71. The molecule has 1 heterocycles. The lowest BCUT2D eigenvalue weighted by Gasteiger charge is -2.17. The number of aromatic nitrogens is 1. The van der Waals surface area contributed by atoms with E-state index >= 15 is 0 Å². The van der Waals surface area contributed by atoms with Crippen molar-refractivity contribution in [1.82, 2.24) is 14.8 Å². The van der Waals surface area contributed by atoms with E-state index in [1.54, 1.807) is 13.8 Å². The van der Waals surface area contributed by atoms with Crippen molar-refractivity contribution in [2.24, 2.45) is 0 Å². The average Bonchev–Trinajstić information content (AvgIpc) is 2.83. The van der Waals surface area contributed by atoms with Crippen LogP contribution in [-0.4, -0.2) is 84.7 Å². The van der Waals surface area contributed by atoms with Crippen molar-refractivity contribution >= 4 is 29.5 Å². The summed E-state index contributed by atoms with van der Waals surface area (Å²) in [4.78, 5) is 68.1. The van der Waals surface area contributed by atoms with Crippen LogP contribution in [0.5, 0.6) is 0 Å². The van der Waals surface area contributed by atoms with Gasteiger partial charge in [0.15, 0.2) is 5.78 Å². The molecule has 180 valence electrons. The molecule has 0 N–H and O–H groups in total. The molecule has 2 rings (SSSR count). The van der Waals surface area contributed by atoms with Crippen LogP contribution in [0.4, 0.5) is 0 Å². The zero-order chi connectivity index (χ0) is 25.3. The minimum atomic E-state index is -0.607. The van der Waals surface area contributed by atoms with Gasteiger partial charge >= 0.3 is 11.9 Å². The van der Waals surface area contributed by atoms with Gasteiger partial charge in [-0.3, -0.25) is 29.0 Å². The fourth-order valence-corrected chi connectivity index (χ4v) is 3.02. The molecule has 0 atom stereocenters. The largest absolute Gasteiger partial charge is 0.465 e. The Kier molecular flexibility index (Phi) is 9.42. The van der Waals surface area contributed by atoms with Crippen molar-refractivity contribution in [2.45, 2.75) is 13.8 Å².